The van der Waals surface area contributed by atoms with E-state index >= 15 is 0 Å². The van der Waals surface area contributed by atoms with Crippen LogP contribution in [-0.2, 0) is 14.3 Å². The van der Waals surface area contributed by atoms with E-state index in [4.69, 9.17) is 9.47 Å². The van der Waals surface area contributed by atoms with Crippen molar-refractivity contribution in [1.82, 2.24) is 4.90 Å². The van der Waals surface area contributed by atoms with Crippen LogP contribution in [0.4, 0.5) is 4.79 Å². The van der Waals surface area contributed by atoms with Gasteiger partial charge in [-0.05, 0) is 33.3 Å². The summed E-state index contributed by atoms with van der Waals surface area (Å²) in [6.45, 7) is 7.65. The Kier molecular flexibility index (Phi) is 6.64. The molecule has 1 aliphatic rings. The number of amides is 1. The van der Waals surface area contributed by atoms with Crippen molar-refractivity contribution in [2.24, 2.45) is 5.92 Å². The second kappa shape index (κ2) is 8.54. The molecule has 26 heavy (non-hydrogen) atoms. The molecule has 6 nitrogen and oxygen atoms in total. The van der Waals surface area contributed by atoms with Crippen LogP contribution in [-0.4, -0.2) is 53.5 Å². The number of ether oxygens (including phenoxy) is 2. The molecule has 1 aromatic carbocycles. The summed E-state index contributed by atoms with van der Waals surface area (Å²) in [7, 11) is 0. The van der Waals surface area contributed by atoms with Crippen LogP contribution in [0.1, 0.15) is 45.6 Å². The van der Waals surface area contributed by atoms with Crippen LogP contribution in [0.15, 0.2) is 30.3 Å². The zero-order chi connectivity index (χ0) is 19.3. The second-order valence-corrected chi connectivity index (χ2v) is 7.57. The highest BCUT2D eigenvalue weighted by Gasteiger charge is 2.46. The van der Waals surface area contributed by atoms with E-state index in [2.05, 4.69) is 0 Å². The Morgan fingerprint density at radius 3 is 2.42 bits per heavy atom. The Morgan fingerprint density at radius 1 is 1.23 bits per heavy atom. The van der Waals surface area contributed by atoms with Crippen LogP contribution in [0.3, 0.4) is 0 Å². The van der Waals surface area contributed by atoms with E-state index in [-0.39, 0.29) is 30.8 Å². The number of carbonyl (C=O) groups is 2. The SMILES string of the molecule is CCOC(=O)C[C@H]1[C@@H](c2ccccc2)CN(C(=O)OC(C)(C)C)[C@@H]1CO. The first-order valence-corrected chi connectivity index (χ1v) is 9.07. The molecule has 2 rings (SSSR count). The fourth-order valence-corrected chi connectivity index (χ4v) is 3.49. The Labute approximate surface area is 155 Å². The lowest BCUT2D eigenvalue weighted by Gasteiger charge is -2.29. The molecule has 0 aromatic heterocycles. The third-order valence-electron chi connectivity index (χ3n) is 4.56. The van der Waals surface area contributed by atoms with E-state index in [0.29, 0.717) is 13.2 Å². The molecule has 1 amide bonds. The highest BCUT2D eigenvalue weighted by Crippen LogP contribution is 2.40. The number of aliphatic hydroxyl groups excluding tert-OH is 1. The summed E-state index contributed by atoms with van der Waals surface area (Å²) >= 11 is 0. The number of rotatable bonds is 5. The number of nitrogens with zero attached hydrogens (tertiary/aromatic N) is 1. The van der Waals surface area contributed by atoms with Gasteiger partial charge >= 0.3 is 12.1 Å². The minimum absolute atomic E-state index is 0.0646. The monoisotopic (exact) mass is 363 g/mol. The summed E-state index contributed by atoms with van der Waals surface area (Å²) in [5, 5.41) is 9.96. The van der Waals surface area contributed by atoms with E-state index in [1.54, 1.807) is 32.6 Å². The molecular formula is C20H29NO5. The van der Waals surface area contributed by atoms with Gasteiger partial charge in [0.1, 0.15) is 5.60 Å². The van der Waals surface area contributed by atoms with Crippen molar-refractivity contribution in [3.8, 4) is 0 Å². The molecular weight excluding hydrogens is 334 g/mol. The third kappa shape index (κ3) is 4.97. The van der Waals surface area contributed by atoms with Crippen LogP contribution in [0.25, 0.3) is 0 Å². The second-order valence-electron chi connectivity index (χ2n) is 7.57. The molecule has 1 N–H and O–H groups in total. The van der Waals surface area contributed by atoms with Gasteiger partial charge in [-0.3, -0.25) is 4.79 Å². The molecule has 3 atom stereocenters. The van der Waals surface area contributed by atoms with E-state index in [1.807, 2.05) is 30.3 Å². The molecule has 0 aliphatic carbocycles. The quantitative estimate of drug-likeness (QED) is 0.814. The van der Waals surface area contributed by atoms with Gasteiger partial charge in [-0.25, -0.2) is 4.79 Å². The lowest BCUT2D eigenvalue weighted by Crippen LogP contribution is -2.43. The predicted molar refractivity (Wildman–Crippen MR) is 97.7 cm³/mol. The number of hydrogen-bond donors (Lipinski definition) is 1. The highest BCUT2D eigenvalue weighted by molar-refractivity contribution is 5.72. The minimum Gasteiger partial charge on any atom is -0.466 e. The summed E-state index contributed by atoms with van der Waals surface area (Å²) in [6, 6.07) is 9.26. The van der Waals surface area contributed by atoms with Gasteiger partial charge in [-0.1, -0.05) is 30.3 Å². The molecule has 0 unspecified atom stereocenters. The standard InChI is InChI=1S/C20H29NO5/c1-5-25-18(23)11-15-16(14-9-7-6-8-10-14)12-21(17(15)13-22)19(24)26-20(2,3)4/h6-10,15-17,22H,5,11-13H2,1-4H3/t15-,16+,17+/m0/s1. The van der Waals surface area contributed by atoms with Crippen molar-refractivity contribution in [2.45, 2.75) is 51.7 Å². The number of esters is 1. The zero-order valence-corrected chi connectivity index (χ0v) is 16.0. The number of benzene rings is 1. The molecule has 0 saturated carbocycles. The summed E-state index contributed by atoms with van der Waals surface area (Å²) in [4.78, 5) is 26.3. The molecule has 0 spiro atoms. The van der Waals surface area contributed by atoms with Crippen molar-refractivity contribution in [1.29, 1.82) is 0 Å². The summed E-state index contributed by atoms with van der Waals surface area (Å²) in [6.07, 6.45) is -0.318. The van der Waals surface area contributed by atoms with Crippen molar-refractivity contribution < 1.29 is 24.2 Å². The van der Waals surface area contributed by atoms with Crippen molar-refractivity contribution in [2.75, 3.05) is 19.8 Å². The van der Waals surface area contributed by atoms with Crippen molar-refractivity contribution in [3.05, 3.63) is 35.9 Å². The molecule has 1 fully saturated rings. The first kappa shape index (κ1) is 20.2. The van der Waals surface area contributed by atoms with Gasteiger partial charge < -0.3 is 19.5 Å². The zero-order valence-electron chi connectivity index (χ0n) is 16.0. The number of carbonyl (C=O) groups excluding carboxylic acids is 2. The molecule has 0 bridgehead atoms. The number of aliphatic hydroxyl groups is 1. The van der Waals surface area contributed by atoms with E-state index < -0.39 is 17.7 Å². The summed E-state index contributed by atoms with van der Waals surface area (Å²) in [5.74, 6) is -0.609. The maximum atomic E-state index is 12.6. The molecule has 1 saturated heterocycles. The van der Waals surface area contributed by atoms with Gasteiger partial charge in [0, 0.05) is 18.4 Å². The largest absolute Gasteiger partial charge is 0.466 e. The van der Waals surface area contributed by atoms with Gasteiger partial charge in [0.2, 0.25) is 0 Å². The van der Waals surface area contributed by atoms with Gasteiger partial charge in [-0.15, -0.1) is 0 Å². The number of likely N-dealkylation sites (tertiary alicyclic amines) is 1. The highest BCUT2D eigenvalue weighted by atomic mass is 16.6. The van der Waals surface area contributed by atoms with Gasteiger partial charge in [0.05, 0.1) is 25.7 Å². The summed E-state index contributed by atoms with van der Waals surface area (Å²) in [5.41, 5.74) is 0.407. The third-order valence-corrected chi connectivity index (χ3v) is 4.56. The van der Waals surface area contributed by atoms with Crippen LogP contribution in [0.2, 0.25) is 0 Å². The van der Waals surface area contributed by atoms with Crippen LogP contribution >= 0.6 is 0 Å². The Hall–Kier alpha value is -2.08. The van der Waals surface area contributed by atoms with Gasteiger partial charge in [-0.2, -0.15) is 0 Å². The predicted octanol–water partition coefficient (Wildman–Crippen LogP) is 2.95. The first-order chi connectivity index (χ1) is 12.3. The molecule has 0 radical (unpaired) electrons. The average molecular weight is 363 g/mol. The molecule has 1 heterocycles. The van der Waals surface area contributed by atoms with Crippen LogP contribution in [0, 0.1) is 5.92 Å². The molecule has 144 valence electrons. The van der Waals surface area contributed by atoms with Gasteiger partial charge in [0.15, 0.2) is 0 Å². The van der Waals surface area contributed by atoms with E-state index in [9.17, 15) is 14.7 Å². The van der Waals surface area contributed by atoms with E-state index in [0.717, 1.165) is 5.56 Å². The fourth-order valence-electron chi connectivity index (χ4n) is 3.49. The van der Waals surface area contributed by atoms with Gasteiger partial charge in [0.25, 0.3) is 0 Å². The smallest absolute Gasteiger partial charge is 0.410 e. The van der Waals surface area contributed by atoms with Crippen LogP contribution < -0.4 is 0 Å². The fraction of sp³-hybridized carbons (Fsp3) is 0.600. The van der Waals surface area contributed by atoms with E-state index in [1.165, 1.54) is 0 Å². The minimum atomic E-state index is -0.626. The lowest BCUT2D eigenvalue weighted by atomic mass is 9.83. The Balaban J connectivity index is 2.29. The Bertz CT molecular complexity index is 610. The normalized spacial score (nSPS) is 23.0. The van der Waals surface area contributed by atoms with Crippen LogP contribution in [0.5, 0.6) is 0 Å². The molecule has 1 aromatic rings. The van der Waals surface area contributed by atoms with Crippen molar-refractivity contribution >= 4 is 12.1 Å². The lowest BCUT2D eigenvalue weighted by molar-refractivity contribution is -0.144. The maximum Gasteiger partial charge on any atom is 0.410 e. The molecule has 1 aliphatic heterocycles. The molecule has 6 heteroatoms. The maximum absolute atomic E-state index is 12.6. The average Bonchev–Trinajstić information content (AvgIpc) is 2.92. The topological polar surface area (TPSA) is 76.1 Å². The first-order valence-electron chi connectivity index (χ1n) is 9.07. The number of hydrogen-bond acceptors (Lipinski definition) is 5. The van der Waals surface area contributed by atoms with Crippen molar-refractivity contribution in [3.63, 3.8) is 0 Å². The summed E-state index contributed by atoms with van der Waals surface area (Å²) < 4.78 is 10.6. The Morgan fingerprint density at radius 2 is 1.88 bits per heavy atom.